The molecule has 2 N–H and O–H groups in total. The van der Waals surface area contributed by atoms with Crippen molar-refractivity contribution in [1.29, 1.82) is 0 Å². The molecule has 0 fully saturated rings. The summed E-state index contributed by atoms with van der Waals surface area (Å²) in [6.07, 6.45) is 0.625. The molecule has 4 heteroatoms. The van der Waals surface area contributed by atoms with Gasteiger partial charge in [0, 0.05) is 6.54 Å². The van der Waals surface area contributed by atoms with Crippen molar-refractivity contribution in [1.82, 2.24) is 10.2 Å². The third-order valence-corrected chi connectivity index (χ3v) is 3.00. The normalized spacial score (nSPS) is 12.6. The smallest absolute Gasteiger partial charge is 0.119 e. The minimum absolute atomic E-state index is 0.325. The summed E-state index contributed by atoms with van der Waals surface area (Å²) in [6.45, 7) is 6.13. The topological polar surface area (TPSA) is 44.7 Å². The molecule has 0 aliphatic heterocycles. The van der Waals surface area contributed by atoms with E-state index in [2.05, 4.69) is 24.2 Å². The number of aliphatic hydroxyl groups is 1. The van der Waals surface area contributed by atoms with Gasteiger partial charge in [-0.05, 0) is 45.2 Å². The van der Waals surface area contributed by atoms with Gasteiger partial charge in [0.1, 0.15) is 18.5 Å². The Morgan fingerprint density at radius 2 is 2.05 bits per heavy atom. The zero-order valence-electron chi connectivity index (χ0n) is 12.0. The Labute approximate surface area is 116 Å². The lowest BCUT2D eigenvalue weighted by molar-refractivity contribution is 0.106. The first-order valence-corrected chi connectivity index (χ1v) is 6.97. The van der Waals surface area contributed by atoms with Crippen LogP contribution in [0.1, 0.15) is 13.3 Å². The Bertz CT molecular complexity index is 319. The molecular weight excluding hydrogens is 240 g/mol. The third-order valence-electron chi connectivity index (χ3n) is 3.00. The van der Waals surface area contributed by atoms with E-state index in [0.717, 1.165) is 31.8 Å². The molecule has 0 amide bonds. The number of rotatable bonds is 10. The van der Waals surface area contributed by atoms with Crippen molar-refractivity contribution in [3.05, 3.63) is 30.3 Å². The standard InChI is InChI=1S/C15H26N2O2/c1-3-17(2)11-7-10-16-12-14(18)13-19-15-8-5-4-6-9-15/h4-6,8-9,14,16,18H,3,7,10-13H2,1-2H3. The lowest BCUT2D eigenvalue weighted by Crippen LogP contribution is -2.33. The molecule has 1 aromatic rings. The predicted octanol–water partition coefficient (Wildman–Crippen LogP) is 1.36. The summed E-state index contributed by atoms with van der Waals surface area (Å²) in [5.74, 6) is 0.797. The van der Waals surface area contributed by atoms with Gasteiger partial charge in [-0.1, -0.05) is 25.1 Å². The van der Waals surface area contributed by atoms with Crippen LogP contribution in [-0.4, -0.2) is 55.9 Å². The van der Waals surface area contributed by atoms with Crippen LogP contribution in [-0.2, 0) is 0 Å². The van der Waals surface area contributed by atoms with Crippen molar-refractivity contribution in [3.63, 3.8) is 0 Å². The molecule has 0 saturated heterocycles. The van der Waals surface area contributed by atoms with Gasteiger partial charge in [0.25, 0.3) is 0 Å². The number of ether oxygens (including phenoxy) is 1. The molecule has 0 bridgehead atoms. The zero-order valence-corrected chi connectivity index (χ0v) is 12.0. The molecule has 1 unspecified atom stereocenters. The van der Waals surface area contributed by atoms with Gasteiger partial charge >= 0.3 is 0 Å². The van der Waals surface area contributed by atoms with E-state index in [1.165, 1.54) is 0 Å². The van der Waals surface area contributed by atoms with Crippen LogP contribution in [0.3, 0.4) is 0 Å². The SMILES string of the molecule is CCN(C)CCCNCC(O)COc1ccccc1. The molecule has 19 heavy (non-hydrogen) atoms. The van der Waals surface area contributed by atoms with E-state index in [9.17, 15) is 5.11 Å². The van der Waals surface area contributed by atoms with E-state index < -0.39 is 6.10 Å². The Balaban J connectivity index is 2.00. The molecule has 0 aliphatic rings. The van der Waals surface area contributed by atoms with Crippen LogP contribution >= 0.6 is 0 Å². The summed E-state index contributed by atoms with van der Waals surface area (Å²) in [6, 6.07) is 9.56. The maximum Gasteiger partial charge on any atom is 0.119 e. The van der Waals surface area contributed by atoms with Crippen LogP contribution in [0.4, 0.5) is 0 Å². The van der Waals surface area contributed by atoms with Crippen LogP contribution in [0.2, 0.25) is 0 Å². The summed E-state index contributed by atoms with van der Waals surface area (Å²) < 4.78 is 5.48. The second-order valence-corrected chi connectivity index (χ2v) is 4.73. The highest BCUT2D eigenvalue weighted by atomic mass is 16.5. The minimum Gasteiger partial charge on any atom is -0.491 e. The second-order valence-electron chi connectivity index (χ2n) is 4.73. The highest BCUT2D eigenvalue weighted by Gasteiger charge is 2.04. The number of hydrogen-bond acceptors (Lipinski definition) is 4. The van der Waals surface area contributed by atoms with Crippen molar-refractivity contribution in [2.45, 2.75) is 19.4 Å². The van der Waals surface area contributed by atoms with E-state index in [4.69, 9.17) is 4.74 Å². The Hall–Kier alpha value is -1.10. The predicted molar refractivity (Wildman–Crippen MR) is 78.6 cm³/mol. The van der Waals surface area contributed by atoms with Gasteiger partial charge in [-0.3, -0.25) is 0 Å². The molecule has 1 atom stereocenters. The van der Waals surface area contributed by atoms with Gasteiger partial charge in [-0.15, -0.1) is 0 Å². The fraction of sp³-hybridized carbons (Fsp3) is 0.600. The average molecular weight is 266 g/mol. The summed E-state index contributed by atoms with van der Waals surface area (Å²) in [4.78, 5) is 2.27. The summed E-state index contributed by atoms with van der Waals surface area (Å²) in [7, 11) is 2.11. The molecule has 0 spiro atoms. The molecule has 1 aromatic carbocycles. The van der Waals surface area contributed by atoms with Crippen molar-refractivity contribution >= 4 is 0 Å². The van der Waals surface area contributed by atoms with Crippen molar-refractivity contribution in [2.24, 2.45) is 0 Å². The molecule has 108 valence electrons. The second kappa shape index (κ2) is 9.78. The molecule has 0 aromatic heterocycles. The van der Waals surface area contributed by atoms with Gasteiger partial charge in [0.05, 0.1) is 0 Å². The molecule has 4 nitrogen and oxygen atoms in total. The number of nitrogens with zero attached hydrogens (tertiary/aromatic N) is 1. The van der Waals surface area contributed by atoms with Gasteiger partial charge in [-0.2, -0.15) is 0 Å². The number of benzene rings is 1. The van der Waals surface area contributed by atoms with Crippen LogP contribution in [0.5, 0.6) is 5.75 Å². The van der Waals surface area contributed by atoms with Crippen LogP contribution < -0.4 is 10.1 Å². The van der Waals surface area contributed by atoms with Gasteiger partial charge in [0.15, 0.2) is 0 Å². The van der Waals surface area contributed by atoms with Crippen LogP contribution in [0.15, 0.2) is 30.3 Å². The van der Waals surface area contributed by atoms with Crippen LogP contribution in [0.25, 0.3) is 0 Å². The lowest BCUT2D eigenvalue weighted by atomic mass is 10.3. The molecular formula is C15H26N2O2. The van der Waals surface area contributed by atoms with Crippen LogP contribution in [0, 0.1) is 0 Å². The molecule has 0 saturated carbocycles. The number of hydrogen-bond donors (Lipinski definition) is 2. The molecule has 0 aliphatic carbocycles. The third kappa shape index (κ3) is 7.82. The van der Waals surface area contributed by atoms with E-state index in [-0.39, 0.29) is 0 Å². The first-order chi connectivity index (χ1) is 9.22. The fourth-order valence-electron chi connectivity index (χ4n) is 1.67. The maximum absolute atomic E-state index is 9.77. The minimum atomic E-state index is -0.468. The first kappa shape index (κ1) is 16.0. The zero-order chi connectivity index (χ0) is 13.9. The molecule has 0 radical (unpaired) electrons. The largest absolute Gasteiger partial charge is 0.491 e. The van der Waals surface area contributed by atoms with Crippen molar-refractivity contribution in [3.8, 4) is 5.75 Å². The monoisotopic (exact) mass is 266 g/mol. The highest BCUT2D eigenvalue weighted by Crippen LogP contribution is 2.08. The Morgan fingerprint density at radius 1 is 1.32 bits per heavy atom. The number of aliphatic hydroxyl groups excluding tert-OH is 1. The van der Waals surface area contributed by atoms with Gasteiger partial charge in [0.2, 0.25) is 0 Å². The van der Waals surface area contributed by atoms with Gasteiger partial charge < -0.3 is 20.1 Å². The van der Waals surface area contributed by atoms with Gasteiger partial charge in [-0.25, -0.2) is 0 Å². The number of nitrogens with one attached hydrogen (secondary N) is 1. The quantitative estimate of drug-likeness (QED) is 0.628. The fourth-order valence-corrected chi connectivity index (χ4v) is 1.67. The summed E-state index contributed by atoms with van der Waals surface area (Å²) in [5.41, 5.74) is 0. The molecule has 0 heterocycles. The highest BCUT2D eigenvalue weighted by molar-refractivity contribution is 5.20. The Kier molecular flexibility index (Phi) is 8.21. The van der Waals surface area contributed by atoms with E-state index in [1.54, 1.807) is 0 Å². The van der Waals surface area contributed by atoms with Crippen molar-refractivity contribution < 1.29 is 9.84 Å². The Morgan fingerprint density at radius 3 is 2.74 bits per heavy atom. The lowest BCUT2D eigenvalue weighted by Gasteiger charge is -2.15. The average Bonchev–Trinajstić information content (AvgIpc) is 2.45. The first-order valence-electron chi connectivity index (χ1n) is 6.97. The summed E-state index contributed by atoms with van der Waals surface area (Å²) in [5, 5.41) is 13.0. The van der Waals surface area contributed by atoms with E-state index in [1.807, 2.05) is 30.3 Å². The van der Waals surface area contributed by atoms with E-state index >= 15 is 0 Å². The summed E-state index contributed by atoms with van der Waals surface area (Å²) >= 11 is 0. The maximum atomic E-state index is 9.77. The van der Waals surface area contributed by atoms with E-state index in [0.29, 0.717) is 13.2 Å². The number of para-hydroxylation sites is 1. The van der Waals surface area contributed by atoms with Crippen molar-refractivity contribution in [2.75, 3.05) is 39.8 Å². The molecule has 1 rings (SSSR count).